The number of aliphatic hydroxyl groups is 1. The summed E-state index contributed by atoms with van der Waals surface area (Å²) in [4.78, 5) is 4.66. The van der Waals surface area contributed by atoms with Crippen molar-refractivity contribution in [3.8, 4) is 17.0 Å². The third-order valence-electron chi connectivity index (χ3n) is 3.40. The maximum absolute atomic E-state index is 9.14. The van der Waals surface area contributed by atoms with Gasteiger partial charge in [-0.25, -0.2) is 4.98 Å². The van der Waals surface area contributed by atoms with Gasteiger partial charge >= 0.3 is 0 Å². The zero-order valence-electron chi connectivity index (χ0n) is 12.5. The predicted molar refractivity (Wildman–Crippen MR) is 87.0 cm³/mol. The van der Waals surface area contributed by atoms with E-state index in [9.17, 15) is 0 Å². The van der Waals surface area contributed by atoms with Gasteiger partial charge in [-0.15, -0.1) is 11.3 Å². The summed E-state index contributed by atoms with van der Waals surface area (Å²) in [6, 6.07) is 8.12. The molecule has 21 heavy (non-hydrogen) atoms. The minimum atomic E-state index is 0.183. The van der Waals surface area contributed by atoms with E-state index in [0.717, 1.165) is 41.4 Å². The number of methoxy groups -OCH3 is 1. The van der Waals surface area contributed by atoms with E-state index in [0.29, 0.717) is 0 Å². The summed E-state index contributed by atoms with van der Waals surface area (Å²) in [6.45, 7) is 3.09. The number of nitrogens with one attached hydrogen (secondary N) is 1. The summed E-state index contributed by atoms with van der Waals surface area (Å²) in [5, 5.41) is 15.7. The number of rotatable bonds is 8. The number of benzene rings is 1. The van der Waals surface area contributed by atoms with Crippen LogP contribution in [0.3, 0.4) is 0 Å². The Balaban J connectivity index is 1.94. The average Bonchev–Trinajstić information content (AvgIpc) is 3.00. The average molecular weight is 306 g/mol. The molecule has 0 aliphatic heterocycles. The Labute approximate surface area is 129 Å². The van der Waals surface area contributed by atoms with Crippen molar-refractivity contribution >= 4 is 11.3 Å². The third-order valence-corrected chi connectivity index (χ3v) is 4.31. The van der Waals surface area contributed by atoms with E-state index < -0.39 is 0 Å². The summed E-state index contributed by atoms with van der Waals surface area (Å²) >= 11 is 1.67. The van der Waals surface area contributed by atoms with Crippen LogP contribution in [0.2, 0.25) is 0 Å². The second-order valence-corrected chi connectivity index (χ2v) is 5.79. The van der Waals surface area contributed by atoms with Crippen molar-refractivity contribution in [2.75, 3.05) is 20.3 Å². The first-order valence-corrected chi connectivity index (χ1v) is 8.07. The molecular weight excluding hydrogens is 284 g/mol. The zero-order chi connectivity index (χ0) is 15.1. The molecule has 1 aromatic heterocycles. The summed E-state index contributed by atoms with van der Waals surface area (Å²) in [7, 11) is 1.67. The largest absolute Gasteiger partial charge is 0.497 e. The molecule has 114 valence electrons. The standard InChI is InChI=1S/C16H22N2O2S/c1-3-13(10-19)17-8-7-16-18-15(11-21-16)12-5-4-6-14(9-12)20-2/h4-6,9,11,13,17,19H,3,7-8,10H2,1-2H3. The Hall–Kier alpha value is -1.43. The maximum Gasteiger partial charge on any atom is 0.119 e. The molecule has 0 bridgehead atoms. The highest BCUT2D eigenvalue weighted by Crippen LogP contribution is 2.25. The summed E-state index contributed by atoms with van der Waals surface area (Å²) in [5.74, 6) is 0.845. The molecular formula is C16H22N2O2S. The van der Waals surface area contributed by atoms with Gasteiger partial charge in [0.2, 0.25) is 0 Å². The number of nitrogens with zero attached hydrogens (tertiary/aromatic N) is 1. The molecule has 0 fully saturated rings. The molecule has 2 rings (SSSR count). The first-order chi connectivity index (χ1) is 10.3. The number of ether oxygens (including phenoxy) is 1. The lowest BCUT2D eigenvalue weighted by Gasteiger charge is -2.12. The monoisotopic (exact) mass is 306 g/mol. The van der Waals surface area contributed by atoms with Gasteiger partial charge < -0.3 is 15.2 Å². The van der Waals surface area contributed by atoms with Crippen molar-refractivity contribution < 1.29 is 9.84 Å². The van der Waals surface area contributed by atoms with Crippen molar-refractivity contribution in [3.05, 3.63) is 34.7 Å². The van der Waals surface area contributed by atoms with Crippen LogP contribution in [0.4, 0.5) is 0 Å². The lowest BCUT2D eigenvalue weighted by atomic mass is 10.1. The van der Waals surface area contributed by atoms with E-state index >= 15 is 0 Å². The first-order valence-electron chi connectivity index (χ1n) is 7.20. The van der Waals surface area contributed by atoms with Crippen LogP contribution < -0.4 is 10.1 Å². The molecule has 1 unspecified atom stereocenters. The second kappa shape index (κ2) is 8.12. The Morgan fingerprint density at radius 3 is 3.00 bits per heavy atom. The van der Waals surface area contributed by atoms with Crippen LogP contribution in [0.15, 0.2) is 29.6 Å². The molecule has 1 atom stereocenters. The molecule has 1 aromatic carbocycles. The van der Waals surface area contributed by atoms with Crippen molar-refractivity contribution in [2.45, 2.75) is 25.8 Å². The van der Waals surface area contributed by atoms with Crippen LogP contribution >= 0.6 is 11.3 Å². The molecule has 0 aliphatic carbocycles. The lowest BCUT2D eigenvalue weighted by Crippen LogP contribution is -2.33. The second-order valence-electron chi connectivity index (χ2n) is 4.85. The zero-order valence-corrected chi connectivity index (χ0v) is 13.3. The Kier molecular flexibility index (Phi) is 6.17. The smallest absolute Gasteiger partial charge is 0.119 e. The van der Waals surface area contributed by atoms with E-state index in [-0.39, 0.29) is 12.6 Å². The highest BCUT2D eigenvalue weighted by molar-refractivity contribution is 7.09. The molecule has 4 nitrogen and oxygen atoms in total. The molecule has 0 spiro atoms. The van der Waals surface area contributed by atoms with E-state index in [1.165, 1.54) is 0 Å². The van der Waals surface area contributed by atoms with Gasteiger partial charge in [-0.1, -0.05) is 19.1 Å². The fourth-order valence-corrected chi connectivity index (χ4v) is 2.87. The molecule has 0 amide bonds. The molecule has 2 N–H and O–H groups in total. The maximum atomic E-state index is 9.14. The fraction of sp³-hybridized carbons (Fsp3) is 0.438. The Morgan fingerprint density at radius 1 is 1.43 bits per heavy atom. The lowest BCUT2D eigenvalue weighted by molar-refractivity contribution is 0.240. The van der Waals surface area contributed by atoms with Crippen LogP contribution in [-0.4, -0.2) is 36.4 Å². The highest BCUT2D eigenvalue weighted by atomic mass is 32.1. The number of aliphatic hydroxyl groups excluding tert-OH is 1. The van der Waals surface area contributed by atoms with Crippen molar-refractivity contribution in [3.63, 3.8) is 0 Å². The molecule has 0 radical (unpaired) electrons. The molecule has 0 saturated carbocycles. The summed E-state index contributed by atoms with van der Waals surface area (Å²) in [5.41, 5.74) is 2.06. The van der Waals surface area contributed by atoms with Crippen molar-refractivity contribution in [2.24, 2.45) is 0 Å². The van der Waals surface area contributed by atoms with Crippen molar-refractivity contribution in [1.82, 2.24) is 10.3 Å². The number of hydrogen-bond acceptors (Lipinski definition) is 5. The fourth-order valence-electron chi connectivity index (χ4n) is 2.06. The molecule has 0 aliphatic rings. The predicted octanol–water partition coefficient (Wildman–Crippen LogP) is 2.72. The molecule has 1 heterocycles. The van der Waals surface area contributed by atoms with Crippen molar-refractivity contribution in [1.29, 1.82) is 0 Å². The minimum absolute atomic E-state index is 0.183. The highest BCUT2D eigenvalue weighted by Gasteiger charge is 2.07. The van der Waals surface area contributed by atoms with Crippen LogP contribution in [-0.2, 0) is 6.42 Å². The van der Waals surface area contributed by atoms with Gasteiger partial charge in [0.15, 0.2) is 0 Å². The normalized spacial score (nSPS) is 12.3. The van der Waals surface area contributed by atoms with Gasteiger partial charge in [0.1, 0.15) is 5.75 Å². The third kappa shape index (κ3) is 4.52. The van der Waals surface area contributed by atoms with E-state index in [1.807, 2.05) is 24.3 Å². The van der Waals surface area contributed by atoms with Gasteiger partial charge in [0, 0.05) is 30.0 Å². The Bertz CT molecular complexity index is 553. The van der Waals surface area contributed by atoms with E-state index in [1.54, 1.807) is 18.4 Å². The van der Waals surface area contributed by atoms with Crippen LogP contribution in [0, 0.1) is 0 Å². The van der Waals surface area contributed by atoms with Gasteiger partial charge in [-0.3, -0.25) is 0 Å². The SMILES string of the molecule is CCC(CO)NCCc1nc(-c2cccc(OC)c2)cs1. The quantitative estimate of drug-likeness (QED) is 0.787. The van der Waals surface area contributed by atoms with Gasteiger partial charge in [0.25, 0.3) is 0 Å². The number of thiazole rings is 1. The minimum Gasteiger partial charge on any atom is -0.497 e. The number of aromatic nitrogens is 1. The summed E-state index contributed by atoms with van der Waals surface area (Å²) < 4.78 is 5.24. The van der Waals surface area contributed by atoms with Crippen LogP contribution in [0.25, 0.3) is 11.3 Å². The van der Waals surface area contributed by atoms with E-state index in [4.69, 9.17) is 9.84 Å². The van der Waals surface area contributed by atoms with Gasteiger partial charge in [0.05, 0.1) is 24.4 Å². The van der Waals surface area contributed by atoms with Gasteiger partial charge in [-0.05, 0) is 18.6 Å². The summed E-state index contributed by atoms with van der Waals surface area (Å²) in [6.07, 6.45) is 1.81. The van der Waals surface area contributed by atoms with Crippen LogP contribution in [0.1, 0.15) is 18.4 Å². The van der Waals surface area contributed by atoms with Gasteiger partial charge in [-0.2, -0.15) is 0 Å². The Morgan fingerprint density at radius 2 is 2.29 bits per heavy atom. The van der Waals surface area contributed by atoms with Crippen LogP contribution in [0.5, 0.6) is 5.75 Å². The first kappa shape index (κ1) is 15.9. The topological polar surface area (TPSA) is 54.4 Å². The van der Waals surface area contributed by atoms with E-state index in [2.05, 4.69) is 22.6 Å². The number of hydrogen-bond donors (Lipinski definition) is 2. The molecule has 0 saturated heterocycles. The molecule has 5 heteroatoms. The molecule has 2 aromatic rings.